The van der Waals surface area contributed by atoms with Crippen LogP contribution in [-0.4, -0.2) is 57.7 Å². The summed E-state index contributed by atoms with van der Waals surface area (Å²) in [5, 5.41) is 7.51. The van der Waals surface area contributed by atoms with Gasteiger partial charge in [0.05, 0.1) is 31.7 Å². The van der Waals surface area contributed by atoms with Crippen LogP contribution in [0.25, 0.3) is 0 Å². The van der Waals surface area contributed by atoms with E-state index in [1.807, 2.05) is 32.0 Å². The van der Waals surface area contributed by atoms with Gasteiger partial charge in [-0.2, -0.15) is 0 Å². The van der Waals surface area contributed by atoms with Crippen LogP contribution in [0.3, 0.4) is 0 Å². The first-order valence-electron chi connectivity index (χ1n) is 13.1. The van der Waals surface area contributed by atoms with E-state index in [0.717, 1.165) is 24.0 Å². The molecule has 10 heteroatoms. The fourth-order valence-electron chi connectivity index (χ4n) is 4.79. The maximum atomic E-state index is 14.0. The molecule has 1 aromatic heterocycles. The number of anilines is 1. The molecule has 2 unspecified atom stereocenters. The lowest BCUT2D eigenvalue weighted by atomic mass is 10.00. The minimum atomic E-state index is -1.06. The van der Waals surface area contributed by atoms with Crippen LogP contribution in [0.4, 0.5) is 5.69 Å². The number of carbonyl (C=O) groups is 3. The van der Waals surface area contributed by atoms with Gasteiger partial charge in [0.25, 0.3) is 5.91 Å². The Balaban J connectivity index is 1.74. The van der Waals surface area contributed by atoms with Gasteiger partial charge in [-0.05, 0) is 67.5 Å². The van der Waals surface area contributed by atoms with Crippen molar-refractivity contribution in [2.24, 2.45) is 0 Å². The molecule has 3 amide bonds. The van der Waals surface area contributed by atoms with Gasteiger partial charge >= 0.3 is 0 Å². The zero-order chi connectivity index (χ0) is 28.6. The number of nitrogens with zero attached hydrogens (tertiary/aromatic N) is 1. The summed E-state index contributed by atoms with van der Waals surface area (Å²) in [5.74, 6) is -0.243. The number of hydrogen-bond acceptors (Lipinski definition) is 7. The number of hydrogen-bond donors (Lipinski definition) is 2. The highest BCUT2D eigenvalue weighted by atomic mass is 32.1. The molecule has 9 nitrogen and oxygen atoms in total. The van der Waals surface area contributed by atoms with Gasteiger partial charge in [-0.15, -0.1) is 11.3 Å². The van der Waals surface area contributed by atoms with E-state index in [9.17, 15) is 14.4 Å². The van der Waals surface area contributed by atoms with E-state index >= 15 is 0 Å². The van der Waals surface area contributed by atoms with Crippen molar-refractivity contribution in [3.63, 3.8) is 0 Å². The summed E-state index contributed by atoms with van der Waals surface area (Å²) in [7, 11) is 3.05. The summed E-state index contributed by atoms with van der Waals surface area (Å²) in [5.41, 5.74) is 2.92. The van der Waals surface area contributed by atoms with E-state index in [4.69, 9.17) is 14.2 Å². The highest BCUT2D eigenvalue weighted by Crippen LogP contribution is 2.35. The number of benzene rings is 2. The van der Waals surface area contributed by atoms with E-state index < -0.39 is 11.9 Å². The van der Waals surface area contributed by atoms with Gasteiger partial charge in [-0.3, -0.25) is 19.3 Å². The van der Waals surface area contributed by atoms with Crippen LogP contribution < -0.4 is 25.0 Å². The molecule has 0 spiro atoms. The summed E-state index contributed by atoms with van der Waals surface area (Å²) in [6.07, 6.45) is 1.72. The van der Waals surface area contributed by atoms with Gasteiger partial charge in [0.2, 0.25) is 11.8 Å². The van der Waals surface area contributed by atoms with Crippen molar-refractivity contribution in [3.05, 3.63) is 75.5 Å². The number of thiophene rings is 1. The van der Waals surface area contributed by atoms with Crippen molar-refractivity contribution in [2.45, 2.75) is 38.8 Å². The van der Waals surface area contributed by atoms with Crippen LogP contribution in [0.5, 0.6) is 11.5 Å². The molecule has 1 fully saturated rings. The molecule has 0 saturated carbocycles. The topological polar surface area (TPSA) is 106 Å². The molecule has 2 heterocycles. The summed E-state index contributed by atoms with van der Waals surface area (Å²) >= 11 is 1.29. The molecular formula is C30H35N3O6S. The molecule has 0 bridgehead atoms. The Morgan fingerprint density at radius 1 is 1.05 bits per heavy atom. The Morgan fingerprint density at radius 2 is 1.85 bits per heavy atom. The number of methoxy groups -OCH3 is 2. The van der Waals surface area contributed by atoms with Gasteiger partial charge in [0.15, 0.2) is 11.5 Å². The van der Waals surface area contributed by atoms with Crippen molar-refractivity contribution in [1.29, 1.82) is 0 Å². The molecule has 2 aromatic carbocycles. The minimum absolute atomic E-state index is 0.0784. The zero-order valence-corrected chi connectivity index (χ0v) is 24.0. The Labute approximate surface area is 238 Å². The predicted octanol–water partition coefficient (Wildman–Crippen LogP) is 4.18. The van der Waals surface area contributed by atoms with Crippen molar-refractivity contribution in [3.8, 4) is 11.5 Å². The molecule has 1 aliphatic rings. The first kappa shape index (κ1) is 29.1. The highest BCUT2D eigenvalue weighted by Gasteiger charge is 2.35. The quantitative estimate of drug-likeness (QED) is 0.361. The van der Waals surface area contributed by atoms with Crippen molar-refractivity contribution in [1.82, 2.24) is 10.6 Å². The van der Waals surface area contributed by atoms with E-state index in [0.29, 0.717) is 40.8 Å². The van der Waals surface area contributed by atoms with Crippen LogP contribution in [0, 0.1) is 13.8 Å². The highest BCUT2D eigenvalue weighted by molar-refractivity contribution is 7.12. The number of rotatable bonds is 11. The van der Waals surface area contributed by atoms with Crippen LogP contribution in [-0.2, 0) is 14.3 Å². The molecule has 212 valence electrons. The van der Waals surface area contributed by atoms with Gasteiger partial charge in [0.1, 0.15) is 6.04 Å². The zero-order valence-electron chi connectivity index (χ0n) is 23.2. The third-order valence-corrected chi connectivity index (χ3v) is 7.65. The molecule has 4 rings (SSSR count). The summed E-state index contributed by atoms with van der Waals surface area (Å²) in [6, 6.07) is 13.2. The Morgan fingerprint density at radius 3 is 2.50 bits per heavy atom. The summed E-state index contributed by atoms with van der Waals surface area (Å²) < 4.78 is 16.6. The Bertz CT molecular complexity index is 1340. The second kappa shape index (κ2) is 13.5. The largest absolute Gasteiger partial charge is 0.493 e. The van der Waals surface area contributed by atoms with Gasteiger partial charge in [-0.1, -0.05) is 29.8 Å². The number of ether oxygens (including phenoxy) is 3. The SMILES string of the molecule is COc1ccc(C(C(=O)NCC2CCCO2)N(C(=O)CNC(=O)c2cccs2)c2ccc(C)cc2C)cc1OC. The fraction of sp³-hybridized carbons (Fsp3) is 0.367. The predicted molar refractivity (Wildman–Crippen MR) is 154 cm³/mol. The van der Waals surface area contributed by atoms with Crippen molar-refractivity contribution >= 4 is 34.7 Å². The molecule has 1 aliphatic heterocycles. The maximum Gasteiger partial charge on any atom is 0.261 e. The maximum absolute atomic E-state index is 14.0. The molecule has 0 radical (unpaired) electrons. The lowest BCUT2D eigenvalue weighted by Crippen LogP contribution is -2.48. The average Bonchev–Trinajstić information content (AvgIpc) is 3.68. The third kappa shape index (κ3) is 6.81. The average molecular weight is 566 g/mol. The van der Waals surface area contributed by atoms with E-state index in [1.165, 1.54) is 30.5 Å². The second-order valence-electron chi connectivity index (χ2n) is 9.61. The first-order valence-corrected chi connectivity index (χ1v) is 14.0. The molecule has 40 heavy (non-hydrogen) atoms. The number of nitrogens with one attached hydrogen (secondary N) is 2. The number of carbonyl (C=O) groups excluding carboxylic acids is 3. The van der Waals surface area contributed by atoms with Gasteiger partial charge in [-0.25, -0.2) is 0 Å². The van der Waals surface area contributed by atoms with Gasteiger partial charge in [0, 0.05) is 18.8 Å². The fourth-order valence-corrected chi connectivity index (χ4v) is 5.43. The Kier molecular flexibility index (Phi) is 9.79. The summed E-state index contributed by atoms with van der Waals surface area (Å²) in [4.78, 5) is 42.5. The standard InChI is InChI=1S/C30H35N3O6S/c1-19-9-11-23(20(2)15-19)33(27(34)18-32-29(35)26-8-6-14-40-26)28(30(36)31-17-22-7-5-13-39-22)21-10-12-24(37-3)25(16-21)38-4/h6,8-12,14-16,22,28H,5,7,13,17-18H2,1-4H3,(H,31,36)(H,32,35). The van der Waals surface area contributed by atoms with Gasteiger partial charge < -0.3 is 24.8 Å². The molecule has 0 aliphatic carbocycles. The van der Waals surface area contributed by atoms with E-state index in [1.54, 1.807) is 35.7 Å². The summed E-state index contributed by atoms with van der Waals surface area (Å²) in [6.45, 7) is 4.54. The third-order valence-electron chi connectivity index (χ3n) is 6.78. The monoisotopic (exact) mass is 565 g/mol. The van der Waals surface area contributed by atoms with Crippen LogP contribution >= 0.6 is 11.3 Å². The number of amides is 3. The van der Waals surface area contributed by atoms with Crippen LogP contribution in [0.1, 0.15) is 45.2 Å². The van der Waals surface area contributed by atoms with E-state index in [2.05, 4.69) is 10.6 Å². The molecular weight excluding hydrogens is 530 g/mol. The lowest BCUT2D eigenvalue weighted by Gasteiger charge is -2.33. The van der Waals surface area contributed by atoms with Crippen molar-refractivity contribution < 1.29 is 28.6 Å². The molecule has 2 N–H and O–H groups in total. The second-order valence-corrected chi connectivity index (χ2v) is 10.6. The van der Waals surface area contributed by atoms with Crippen molar-refractivity contribution in [2.75, 3.05) is 38.8 Å². The lowest BCUT2D eigenvalue weighted by molar-refractivity contribution is -0.126. The Hall–Kier alpha value is -3.89. The molecule has 2 atom stereocenters. The van der Waals surface area contributed by atoms with Crippen LogP contribution in [0.15, 0.2) is 53.9 Å². The molecule has 3 aromatic rings. The first-order chi connectivity index (χ1) is 19.3. The van der Waals surface area contributed by atoms with E-state index in [-0.39, 0.29) is 24.5 Å². The van der Waals surface area contributed by atoms with Crippen LogP contribution in [0.2, 0.25) is 0 Å². The normalized spacial score (nSPS) is 15.2. The molecule has 1 saturated heterocycles. The smallest absolute Gasteiger partial charge is 0.261 e. The number of aryl methyl sites for hydroxylation is 2. The minimum Gasteiger partial charge on any atom is -0.493 e.